The molecule has 1 aliphatic heterocycles. The van der Waals surface area contributed by atoms with E-state index in [1.54, 1.807) is 47.9 Å². The number of carbonyl (C=O) groups excluding carboxylic acids is 3. The second-order valence-electron chi connectivity index (χ2n) is 8.76. The molecule has 0 aromatic heterocycles. The lowest BCUT2D eigenvalue weighted by molar-refractivity contribution is -0.137. The van der Waals surface area contributed by atoms with Crippen LogP contribution in [0.2, 0.25) is 0 Å². The molecule has 3 rings (SSSR count). The normalized spacial score (nSPS) is 14.8. The first-order valence-corrected chi connectivity index (χ1v) is 12.1. The van der Waals surface area contributed by atoms with Crippen LogP contribution in [0, 0.1) is 0 Å². The van der Waals surface area contributed by atoms with E-state index in [4.69, 9.17) is 14.2 Å². The first-order valence-electron chi connectivity index (χ1n) is 12.1. The van der Waals surface area contributed by atoms with Gasteiger partial charge in [-0.1, -0.05) is 26.0 Å². The van der Waals surface area contributed by atoms with Gasteiger partial charge in [-0.15, -0.1) is 0 Å². The van der Waals surface area contributed by atoms with E-state index in [1.165, 1.54) is 5.56 Å². The molecule has 1 heterocycles. The van der Waals surface area contributed by atoms with Crippen molar-refractivity contribution >= 4 is 18.0 Å². The van der Waals surface area contributed by atoms with Gasteiger partial charge in [0, 0.05) is 31.7 Å². The minimum Gasteiger partial charge on any atom is -0.481 e. The van der Waals surface area contributed by atoms with Crippen LogP contribution in [0.1, 0.15) is 56.0 Å². The van der Waals surface area contributed by atoms with E-state index in [0.717, 1.165) is 0 Å². The topological polar surface area (TPSA) is 85.4 Å². The summed E-state index contributed by atoms with van der Waals surface area (Å²) in [6.45, 7) is 9.92. The van der Waals surface area contributed by atoms with Crippen LogP contribution in [0.5, 0.6) is 11.5 Å². The summed E-state index contributed by atoms with van der Waals surface area (Å²) in [6.07, 6.45) is -0.721. The molecule has 1 atom stereocenters. The van der Waals surface area contributed by atoms with E-state index in [0.29, 0.717) is 55.6 Å². The second-order valence-corrected chi connectivity index (χ2v) is 8.76. The lowest BCUT2D eigenvalue weighted by Gasteiger charge is -2.25. The van der Waals surface area contributed by atoms with Crippen LogP contribution in [-0.4, -0.2) is 66.7 Å². The molecule has 0 aliphatic carbocycles. The van der Waals surface area contributed by atoms with Crippen LogP contribution < -0.4 is 9.47 Å². The smallest absolute Gasteiger partial charge is 0.481 e. The van der Waals surface area contributed by atoms with Crippen LogP contribution in [0.25, 0.3) is 0 Å². The van der Waals surface area contributed by atoms with Gasteiger partial charge in [0.15, 0.2) is 6.10 Å². The molecular formula is C27H34N2O6. The summed E-state index contributed by atoms with van der Waals surface area (Å²) >= 11 is 0. The highest BCUT2D eigenvalue weighted by Crippen LogP contribution is 2.20. The first-order chi connectivity index (χ1) is 16.8. The molecule has 0 N–H and O–H groups in total. The predicted molar refractivity (Wildman–Crippen MR) is 132 cm³/mol. The Labute approximate surface area is 206 Å². The summed E-state index contributed by atoms with van der Waals surface area (Å²) in [6, 6.07) is 14.2. The number of ether oxygens (including phenoxy) is 3. The molecule has 2 amide bonds. The van der Waals surface area contributed by atoms with Crippen molar-refractivity contribution < 1.29 is 28.6 Å². The molecule has 0 radical (unpaired) electrons. The van der Waals surface area contributed by atoms with E-state index in [9.17, 15) is 14.4 Å². The summed E-state index contributed by atoms with van der Waals surface area (Å²) < 4.78 is 15.7. The first kappa shape index (κ1) is 26.1. The van der Waals surface area contributed by atoms with E-state index in [2.05, 4.69) is 13.8 Å². The fraction of sp³-hybridized carbons (Fsp3) is 0.444. The molecule has 0 saturated carbocycles. The highest BCUT2D eigenvalue weighted by molar-refractivity contribution is 5.94. The third-order valence-electron chi connectivity index (χ3n) is 5.87. The zero-order valence-electron chi connectivity index (χ0n) is 20.9. The number of carbonyl (C=O) groups is 3. The fourth-order valence-electron chi connectivity index (χ4n) is 3.88. The molecule has 35 heavy (non-hydrogen) atoms. The molecular weight excluding hydrogens is 448 g/mol. The lowest BCUT2D eigenvalue weighted by atomic mass is 10.0. The average molecular weight is 483 g/mol. The zero-order valence-corrected chi connectivity index (χ0v) is 20.9. The molecule has 188 valence electrons. The van der Waals surface area contributed by atoms with Crippen molar-refractivity contribution in [1.29, 1.82) is 0 Å². The molecule has 1 aliphatic rings. The number of hydrogen-bond acceptors (Lipinski definition) is 6. The van der Waals surface area contributed by atoms with Crippen LogP contribution >= 0.6 is 0 Å². The Bertz CT molecular complexity index is 1000. The van der Waals surface area contributed by atoms with Crippen molar-refractivity contribution in [3.05, 3.63) is 59.7 Å². The molecule has 8 heteroatoms. The molecule has 1 saturated heterocycles. The Morgan fingerprint density at radius 2 is 1.43 bits per heavy atom. The Hall–Kier alpha value is -3.55. The van der Waals surface area contributed by atoms with Crippen LogP contribution in [0.4, 0.5) is 4.79 Å². The third-order valence-corrected chi connectivity index (χ3v) is 5.87. The molecule has 8 nitrogen and oxygen atoms in total. The Morgan fingerprint density at radius 1 is 0.829 bits per heavy atom. The van der Waals surface area contributed by atoms with Crippen molar-refractivity contribution in [2.45, 2.75) is 46.1 Å². The number of nitrogens with zero attached hydrogens (tertiary/aromatic N) is 2. The summed E-state index contributed by atoms with van der Waals surface area (Å²) in [4.78, 5) is 40.9. The number of hydrogen-bond donors (Lipinski definition) is 0. The fourth-order valence-corrected chi connectivity index (χ4v) is 3.88. The van der Waals surface area contributed by atoms with Crippen LogP contribution in [0.15, 0.2) is 48.5 Å². The number of rotatable bonds is 7. The second kappa shape index (κ2) is 12.2. The van der Waals surface area contributed by atoms with Gasteiger partial charge in [0.2, 0.25) is 0 Å². The van der Waals surface area contributed by atoms with E-state index in [-0.39, 0.29) is 18.4 Å². The molecule has 0 spiro atoms. The van der Waals surface area contributed by atoms with Gasteiger partial charge in [-0.3, -0.25) is 9.59 Å². The summed E-state index contributed by atoms with van der Waals surface area (Å²) in [5.41, 5.74) is 1.71. The van der Waals surface area contributed by atoms with Crippen molar-refractivity contribution in [3.63, 3.8) is 0 Å². The largest absolute Gasteiger partial charge is 0.513 e. The summed E-state index contributed by atoms with van der Waals surface area (Å²) in [7, 11) is 0. The average Bonchev–Trinajstić information content (AvgIpc) is 3.10. The van der Waals surface area contributed by atoms with Gasteiger partial charge in [-0.25, -0.2) is 4.79 Å². The summed E-state index contributed by atoms with van der Waals surface area (Å²) in [5, 5.41) is 0. The van der Waals surface area contributed by atoms with E-state index in [1.807, 2.05) is 24.3 Å². The van der Waals surface area contributed by atoms with Gasteiger partial charge in [-0.2, -0.15) is 0 Å². The Kier molecular flexibility index (Phi) is 9.11. The maximum absolute atomic E-state index is 13.0. The van der Waals surface area contributed by atoms with Gasteiger partial charge >= 0.3 is 6.16 Å². The van der Waals surface area contributed by atoms with E-state index >= 15 is 0 Å². The number of amides is 2. The third kappa shape index (κ3) is 7.21. The standard InChI is InChI=1S/C27H34N2O6/c1-5-33-27(32)35-24-13-9-22(10-14-24)26(31)29-16-6-15-28(17-18-29)25(30)20(4)34-23-11-7-21(8-12-23)19(2)3/h7-14,19-20H,5-6,15-18H2,1-4H3. The summed E-state index contributed by atoms with van der Waals surface area (Å²) in [5.74, 6) is 1.18. The quantitative estimate of drug-likeness (QED) is 0.427. The van der Waals surface area contributed by atoms with Crippen molar-refractivity contribution in [1.82, 2.24) is 9.80 Å². The van der Waals surface area contributed by atoms with E-state index < -0.39 is 12.3 Å². The van der Waals surface area contributed by atoms with Gasteiger partial charge in [0.1, 0.15) is 11.5 Å². The highest BCUT2D eigenvalue weighted by atomic mass is 16.7. The minimum atomic E-state index is -0.783. The minimum absolute atomic E-state index is 0.0901. The predicted octanol–water partition coefficient (Wildman–Crippen LogP) is 4.49. The monoisotopic (exact) mass is 482 g/mol. The van der Waals surface area contributed by atoms with Crippen molar-refractivity contribution in [2.75, 3.05) is 32.8 Å². The lowest BCUT2D eigenvalue weighted by Crippen LogP contribution is -2.43. The molecule has 1 fully saturated rings. The van der Waals surface area contributed by atoms with Crippen molar-refractivity contribution in [2.24, 2.45) is 0 Å². The molecule has 0 bridgehead atoms. The molecule has 2 aromatic carbocycles. The zero-order chi connectivity index (χ0) is 25.4. The SMILES string of the molecule is CCOC(=O)Oc1ccc(C(=O)N2CCCN(C(=O)C(C)Oc3ccc(C(C)C)cc3)CC2)cc1. The maximum Gasteiger partial charge on any atom is 0.513 e. The van der Waals surface area contributed by atoms with Gasteiger partial charge in [-0.05, 0) is 68.1 Å². The van der Waals surface area contributed by atoms with Gasteiger partial charge in [0.05, 0.1) is 6.61 Å². The maximum atomic E-state index is 13.0. The van der Waals surface area contributed by atoms with Crippen LogP contribution in [0.3, 0.4) is 0 Å². The Balaban J connectivity index is 1.53. The molecule has 1 unspecified atom stereocenters. The Morgan fingerprint density at radius 3 is 2.06 bits per heavy atom. The highest BCUT2D eigenvalue weighted by Gasteiger charge is 2.26. The van der Waals surface area contributed by atoms with Crippen molar-refractivity contribution in [3.8, 4) is 11.5 Å². The van der Waals surface area contributed by atoms with Gasteiger partial charge < -0.3 is 24.0 Å². The van der Waals surface area contributed by atoms with Crippen LogP contribution in [-0.2, 0) is 9.53 Å². The van der Waals surface area contributed by atoms with Gasteiger partial charge in [0.25, 0.3) is 11.8 Å². The molecule has 2 aromatic rings. The number of benzene rings is 2.